The van der Waals surface area contributed by atoms with E-state index < -0.39 is 0 Å². The quantitative estimate of drug-likeness (QED) is 0.354. The van der Waals surface area contributed by atoms with Gasteiger partial charge in [0, 0.05) is 0 Å². The normalized spacial score (nSPS) is 16.6. The molecule has 19 heavy (non-hydrogen) atoms. The largest absolute Gasteiger partial charge is 0.0651 e. The molecule has 0 saturated heterocycles. The van der Waals surface area contributed by atoms with Crippen LogP contribution in [-0.2, 0) is 0 Å². The van der Waals surface area contributed by atoms with E-state index in [0.717, 1.165) is 23.7 Å². The zero-order chi connectivity index (χ0) is 14.7. The minimum Gasteiger partial charge on any atom is -0.0651 e. The first-order valence-electron chi connectivity index (χ1n) is 8.95. The van der Waals surface area contributed by atoms with Crippen LogP contribution in [0.1, 0.15) is 99.3 Å². The van der Waals surface area contributed by atoms with Gasteiger partial charge >= 0.3 is 0 Å². The maximum absolute atomic E-state index is 2.45. The van der Waals surface area contributed by atoms with Gasteiger partial charge in [0.05, 0.1) is 0 Å². The van der Waals surface area contributed by atoms with Gasteiger partial charge in [-0.3, -0.25) is 0 Å². The summed E-state index contributed by atoms with van der Waals surface area (Å²) < 4.78 is 0. The summed E-state index contributed by atoms with van der Waals surface area (Å²) in [5, 5.41) is 0. The Balaban J connectivity index is 3.45. The van der Waals surface area contributed by atoms with Gasteiger partial charge in [-0.2, -0.15) is 0 Å². The molecule has 0 amide bonds. The summed E-state index contributed by atoms with van der Waals surface area (Å²) in [5.41, 5.74) is 0. The van der Waals surface area contributed by atoms with E-state index in [-0.39, 0.29) is 0 Å². The lowest BCUT2D eigenvalue weighted by Gasteiger charge is -2.16. The molecule has 0 aliphatic heterocycles. The van der Waals surface area contributed by atoms with Crippen molar-refractivity contribution in [3.8, 4) is 0 Å². The molecular formula is C19H40. The van der Waals surface area contributed by atoms with Crippen LogP contribution in [0.5, 0.6) is 0 Å². The Morgan fingerprint density at radius 3 is 1.42 bits per heavy atom. The first-order valence-corrected chi connectivity index (χ1v) is 8.95. The molecule has 0 spiro atoms. The Hall–Kier alpha value is 0. The monoisotopic (exact) mass is 268 g/mol. The highest BCUT2D eigenvalue weighted by atomic mass is 14.1. The van der Waals surface area contributed by atoms with Gasteiger partial charge in [-0.15, -0.1) is 0 Å². The maximum atomic E-state index is 2.45. The topological polar surface area (TPSA) is 0 Å². The van der Waals surface area contributed by atoms with E-state index >= 15 is 0 Å². The molecule has 3 unspecified atom stereocenters. The van der Waals surface area contributed by atoms with Crippen molar-refractivity contribution in [3.05, 3.63) is 0 Å². The highest BCUT2D eigenvalue weighted by Crippen LogP contribution is 2.22. The molecule has 116 valence electrons. The molecule has 0 aromatic carbocycles. The standard InChI is InChI=1S/C19H40/c1-7-17(4)14-15-19(6)13-9-12-18(5)11-8-10-16(2)3/h16-19H,7-15H2,1-6H3. The minimum atomic E-state index is 0.882. The van der Waals surface area contributed by atoms with Crippen molar-refractivity contribution in [2.45, 2.75) is 99.3 Å². The molecule has 3 atom stereocenters. The van der Waals surface area contributed by atoms with Crippen LogP contribution in [0.25, 0.3) is 0 Å². The van der Waals surface area contributed by atoms with E-state index in [9.17, 15) is 0 Å². The Kier molecular flexibility index (Phi) is 11.8. The molecule has 0 radical (unpaired) electrons. The lowest BCUT2D eigenvalue weighted by Crippen LogP contribution is -2.02. The van der Waals surface area contributed by atoms with Crippen molar-refractivity contribution in [3.63, 3.8) is 0 Å². The number of rotatable bonds is 12. The van der Waals surface area contributed by atoms with Crippen LogP contribution in [0, 0.1) is 23.7 Å². The summed E-state index contributed by atoms with van der Waals surface area (Å²) in [6.45, 7) is 14.3. The van der Waals surface area contributed by atoms with Gasteiger partial charge in [-0.05, 0) is 23.7 Å². The molecule has 0 saturated carbocycles. The highest BCUT2D eigenvalue weighted by molar-refractivity contribution is 4.60. The first-order chi connectivity index (χ1) is 8.95. The summed E-state index contributed by atoms with van der Waals surface area (Å²) >= 11 is 0. The summed E-state index contributed by atoms with van der Waals surface area (Å²) in [5.74, 6) is 3.70. The summed E-state index contributed by atoms with van der Waals surface area (Å²) in [4.78, 5) is 0. The van der Waals surface area contributed by atoms with Crippen LogP contribution in [0.4, 0.5) is 0 Å². The fraction of sp³-hybridized carbons (Fsp3) is 1.00. The van der Waals surface area contributed by atoms with Gasteiger partial charge in [0.15, 0.2) is 0 Å². The van der Waals surface area contributed by atoms with Gasteiger partial charge < -0.3 is 0 Å². The molecule has 0 aromatic heterocycles. The summed E-state index contributed by atoms with van der Waals surface area (Å²) in [6.07, 6.45) is 12.9. The molecule has 0 bridgehead atoms. The molecule has 0 aliphatic carbocycles. The van der Waals surface area contributed by atoms with Gasteiger partial charge in [0.25, 0.3) is 0 Å². The third-order valence-corrected chi connectivity index (χ3v) is 4.72. The zero-order valence-corrected chi connectivity index (χ0v) is 14.7. The second-order valence-electron chi connectivity index (χ2n) is 7.56. The Bertz CT molecular complexity index is 182. The number of hydrogen-bond acceptors (Lipinski definition) is 0. The highest BCUT2D eigenvalue weighted by Gasteiger charge is 2.07. The van der Waals surface area contributed by atoms with Crippen molar-refractivity contribution in [2.24, 2.45) is 23.7 Å². The predicted molar refractivity (Wildman–Crippen MR) is 89.6 cm³/mol. The van der Waals surface area contributed by atoms with Crippen LogP contribution < -0.4 is 0 Å². The SMILES string of the molecule is CCC(C)CCC(C)CCCC(C)CCCC(C)C. The van der Waals surface area contributed by atoms with Crippen molar-refractivity contribution in [1.29, 1.82) is 0 Å². The van der Waals surface area contributed by atoms with E-state index in [1.54, 1.807) is 0 Å². The van der Waals surface area contributed by atoms with Crippen molar-refractivity contribution < 1.29 is 0 Å². The average molecular weight is 269 g/mol. The van der Waals surface area contributed by atoms with Crippen molar-refractivity contribution in [2.75, 3.05) is 0 Å². The number of hydrogen-bond donors (Lipinski definition) is 0. The van der Waals surface area contributed by atoms with E-state index in [1.165, 1.54) is 57.8 Å². The molecule has 0 nitrogen and oxygen atoms in total. The second-order valence-corrected chi connectivity index (χ2v) is 7.56. The van der Waals surface area contributed by atoms with Gasteiger partial charge in [-0.1, -0.05) is 99.3 Å². The Labute approximate surface area is 123 Å². The molecule has 0 heterocycles. The average Bonchev–Trinajstić information content (AvgIpc) is 2.35. The van der Waals surface area contributed by atoms with E-state index in [0.29, 0.717) is 0 Å². The Morgan fingerprint density at radius 2 is 0.947 bits per heavy atom. The molecule has 0 heteroatoms. The van der Waals surface area contributed by atoms with Crippen LogP contribution in [0.15, 0.2) is 0 Å². The molecular weight excluding hydrogens is 228 g/mol. The zero-order valence-electron chi connectivity index (χ0n) is 14.7. The fourth-order valence-electron chi connectivity index (χ4n) is 2.75. The predicted octanol–water partition coefficient (Wildman–Crippen LogP) is 7.08. The summed E-state index contributed by atoms with van der Waals surface area (Å²) in [6, 6.07) is 0. The summed E-state index contributed by atoms with van der Waals surface area (Å²) in [7, 11) is 0. The van der Waals surface area contributed by atoms with Crippen LogP contribution in [0.3, 0.4) is 0 Å². The lowest BCUT2D eigenvalue weighted by atomic mass is 9.90. The molecule has 0 rings (SSSR count). The third-order valence-electron chi connectivity index (χ3n) is 4.72. The molecule has 0 N–H and O–H groups in total. The van der Waals surface area contributed by atoms with Crippen LogP contribution in [-0.4, -0.2) is 0 Å². The first kappa shape index (κ1) is 19.0. The second kappa shape index (κ2) is 11.8. The Morgan fingerprint density at radius 1 is 0.526 bits per heavy atom. The van der Waals surface area contributed by atoms with E-state index in [1.807, 2.05) is 0 Å². The van der Waals surface area contributed by atoms with Crippen LogP contribution >= 0.6 is 0 Å². The minimum absolute atomic E-state index is 0.882. The molecule has 0 aromatic rings. The lowest BCUT2D eigenvalue weighted by molar-refractivity contribution is 0.369. The third kappa shape index (κ3) is 12.8. The van der Waals surface area contributed by atoms with Crippen molar-refractivity contribution >= 4 is 0 Å². The van der Waals surface area contributed by atoms with E-state index in [2.05, 4.69) is 41.5 Å². The van der Waals surface area contributed by atoms with Crippen molar-refractivity contribution in [1.82, 2.24) is 0 Å². The van der Waals surface area contributed by atoms with Gasteiger partial charge in [0.1, 0.15) is 0 Å². The smallest absolute Gasteiger partial charge is 0.0443 e. The molecule has 0 fully saturated rings. The van der Waals surface area contributed by atoms with E-state index in [4.69, 9.17) is 0 Å². The van der Waals surface area contributed by atoms with Gasteiger partial charge in [-0.25, -0.2) is 0 Å². The fourth-order valence-corrected chi connectivity index (χ4v) is 2.75. The van der Waals surface area contributed by atoms with Gasteiger partial charge in [0.2, 0.25) is 0 Å². The maximum Gasteiger partial charge on any atom is -0.0443 e. The van der Waals surface area contributed by atoms with Crippen LogP contribution in [0.2, 0.25) is 0 Å². The molecule has 0 aliphatic rings.